The van der Waals surface area contributed by atoms with Gasteiger partial charge in [-0.1, -0.05) is 0 Å². The second-order valence-electron chi connectivity index (χ2n) is 3.74. The van der Waals surface area contributed by atoms with Crippen LogP contribution in [0.15, 0.2) is 24.5 Å². The van der Waals surface area contributed by atoms with Crippen molar-refractivity contribution in [2.75, 3.05) is 0 Å². The minimum atomic E-state index is -4.76. The van der Waals surface area contributed by atoms with E-state index in [-0.39, 0.29) is 0 Å². The Bertz CT molecular complexity index is 340. The van der Waals surface area contributed by atoms with Crippen LogP contribution >= 0.6 is 0 Å². The lowest BCUT2D eigenvalue weighted by atomic mass is 9.88. The van der Waals surface area contributed by atoms with Gasteiger partial charge >= 0.3 is 6.18 Å². The number of hydrogen-bond acceptors (Lipinski definition) is 3. The second kappa shape index (κ2) is 4.39. The van der Waals surface area contributed by atoms with E-state index in [2.05, 4.69) is 4.98 Å². The molecule has 0 amide bonds. The Labute approximate surface area is 91.1 Å². The van der Waals surface area contributed by atoms with Gasteiger partial charge in [-0.3, -0.25) is 4.98 Å². The first-order valence-corrected chi connectivity index (χ1v) is 4.71. The molecule has 0 fully saturated rings. The SMILES string of the molecule is CC(N)C(O)(Cc1ccncc1)C(F)(F)F. The zero-order chi connectivity index (χ0) is 12.4. The molecule has 2 atom stereocenters. The van der Waals surface area contributed by atoms with Crippen molar-refractivity contribution in [2.45, 2.75) is 31.2 Å². The molecule has 1 heterocycles. The molecule has 0 aliphatic rings. The van der Waals surface area contributed by atoms with Gasteiger partial charge in [-0.05, 0) is 24.6 Å². The van der Waals surface area contributed by atoms with Crippen molar-refractivity contribution >= 4 is 0 Å². The number of pyridine rings is 1. The lowest BCUT2D eigenvalue weighted by Gasteiger charge is -2.33. The van der Waals surface area contributed by atoms with Crippen LogP contribution in [0.25, 0.3) is 0 Å². The molecule has 1 rings (SSSR count). The standard InChI is InChI=1S/C10H13F3N2O/c1-7(14)9(16,10(11,12)13)6-8-2-4-15-5-3-8/h2-5,7,16H,6,14H2,1H3. The van der Waals surface area contributed by atoms with Crippen molar-refractivity contribution in [3.8, 4) is 0 Å². The number of rotatable bonds is 3. The van der Waals surface area contributed by atoms with Gasteiger partial charge in [-0.2, -0.15) is 13.2 Å². The average molecular weight is 234 g/mol. The second-order valence-corrected chi connectivity index (χ2v) is 3.74. The Kier molecular flexibility index (Phi) is 3.54. The fourth-order valence-electron chi connectivity index (χ4n) is 1.33. The minimum absolute atomic E-state index is 0.340. The molecule has 0 saturated carbocycles. The molecule has 0 aliphatic heterocycles. The third kappa shape index (κ3) is 2.51. The van der Waals surface area contributed by atoms with E-state index in [4.69, 9.17) is 5.73 Å². The van der Waals surface area contributed by atoms with Gasteiger partial charge in [0, 0.05) is 24.9 Å². The van der Waals surface area contributed by atoms with Crippen LogP contribution in [0.1, 0.15) is 12.5 Å². The van der Waals surface area contributed by atoms with Gasteiger partial charge in [0.15, 0.2) is 5.60 Å². The van der Waals surface area contributed by atoms with E-state index in [1.54, 1.807) is 0 Å². The summed E-state index contributed by atoms with van der Waals surface area (Å²) in [6.45, 7) is 1.13. The summed E-state index contributed by atoms with van der Waals surface area (Å²) in [6, 6.07) is 1.43. The van der Waals surface area contributed by atoms with Crippen molar-refractivity contribution in [2.24, 2.45) is 5.73 Å². The summed E-state index contributed by atoms with van der Waals surface area (Å²) in [5.41, 5.74) is 2.65. The van der Waals surface area contributed by atoms with Crippen molar-refractivity contribution in [1.29, 1.82) is 0 Å². The van der Waals surface area contributed by atoms with Gasteiger partial charge in [0.25, 0.3) is 0 Å². The highest BCUT2D eigenvalue weighted by Gasteiger charge is 2.55. The van der Waals surface area contributed by atoms with Crippen LogP contribution in [-0.2, 0) is 6.42 Å². The van der Waals surface area contributed by atoms with E-state index in [1.807, 2.05) is 0 Å². The summed E-state index contributed by atoms with van der Waals surface area (Å²) in [5, 5.41) is 9.61. The fraction of sp³-hybridized carbons (Fsp3) is 0.500. The molecule has 1 aromatic heterocycles. The van der Waals surface area contributed by atoms with Crippen molar-refractivity contribution < 1.29 is 18.3 Å². The highest BCUT2D eigenvalue weighted by Crippen LogP contribution is 2.35. The van der Waals surface area contributed by atoms with Crippen LogP contribution < -0.4 is 5.73 Å². The zero-order valence-electron chi connectivity index (χ0n) is 8.70. The van der Waals surface area contributed by atoms with Crippen LogP contribution in [0.5, 0.6) is 0 Å². The van der Waals surface area contributed by atoms with Crippen LogP contribution in [0, 0.1) is 0 Å². The maximum atomic E-state index is 12.7. The van der Waals surface area contributed by atoms with Gasteiger partial charge in [-0.25, -0.2) is 0 Å². The number of nitrogens with two attached hydrogens (primary N) is 1. The van der Waals surface area contributed by atoms with Gasteiger partial charge in [0.2, 0.25) is 0 Å². The van der Waals surface area contributed by atoms with E-state index in [0.717, 1.165) is 6.92 Å². The van der Waals surface area contributed by atoms with Gasteiger partial charge in [-0.15, -0.1) is 0 Å². The molecule has 0 saturated heterocycles. The highest BCUT2D eigenvalue weighted by molar-refractivity contribution is 5.15. The maximum absolute atomic E-state index is 12.7. The molecule has 2 unspecified atom stereocenters. The van der Waals surface area contributed by atoms with Gasteiger partial charge in [0.05, 0.1) is 0 Å². The number of aromatic nitrogens is 1. The zero-order valence-corrected chi connectivity index (χ0v) is 8.70. The molecule has 0 bridgehead atoms. The lowest BCUT2D eigenvalue weighted by Crippen LogP contribution is -2.58. The lowest BCUT2D eigenvalue weighted by molar-refractivity contribution is -0.265. The van der Waals surface area contributed by atoms with E-state index in [0.29, 0.717) is 5.56 Å². The summed E-state index contributed by atoms with van der Waals surface area (Å²) in [4.78, 5) is 3.69. The first-order chi connectivity index (χ1) is 7.27. The summed E-state index contributed by atoms with van der Waals surface area (Å²) < 4.78 is 38.1. The molecule has 0 spiro atoms. The molecule has 3 N–H and O–H groups in total. The molecular weight excluding hydrogens is 221 g/mol. The molecule has 6 heteroatoms. The Morgan fingerprint density at radius 3 is 2.25 bits per heavy atom. The summed E-state index contributed by atoms with van der Waals surface area (Å²) >= 11 is 0. The van der Waals surface area contributed by atoms with Gasteiger partial charge in [0.1, 0.15) is 0 Å². The largest absolute Gasteiger partial charge is 0.419 e. The van der Waals surface area contributed by atoms with Crippen molar-refractivity contribution in [1.82, 2.24) is 4.98 Å². The first kappa shape index (κ1) is 12.9. The van der Waals surface area contributed by atoms with E-state index in [9.17, 15) is 18.3 Å². The Hall–Kier alpha value is -1.14. The number of aliphatic hydroxyl groups is 1. The van der Waals surface area contributed by atoms with Crippen molar-refractivity contribution in [3.05, 3.63) is 30.1 Å². The smallest absolute Gasteiger partial charge is 0.379 e. The van der Waals surface area contributed by atoms with Crippen LogP contribution in [-0.4, -0.2) is 27.9 Å². The molecule has 1 aromatic rings. The third-order valence-electron chi connectivity index (χ3n) is 2.47. The molecule has 90 valence electrons. The average Bonchev–Trinajstić information content (AvgIpc) is 2.17. The van der Waals surface area contributed by atoms with Crippen LogP contribution in [0.3, 0.4) is 0 Å². The maximum Gasteiger partial charge on any atom is 0.419 e. The monoisotopic (exact) mass is 234 g/mol. The molecular formula is C10H13F3N2O. The molecule has 0 aromatic carbocycles. The quantitative estimate of drug-likeness (QED) is 0.827. The van der Waals surface area contributed by atoms with E-state index >= 15 is 0 Å². The summed E-state index contributed by atoms with van der Waals surface area (Å²) in [6.07, 6.45) is -2.60. The third-order valence-corrected chi connectivity index (χ3v) is 2.47. The number of alkyl halides is 3. The van der Waals surface area contributed by atoms with Crippen molar-refractivity contribution in [3.63, 3.8) is 0 Å². The molecule has 0 aliphatic carbocycles. The summed E-state index contributed by atoms with van der Waals surface area (Å²) in [7, 11) is 0. The Morgan fingerprint density at radius 2 is 1.88 bits per heavy atom. The Morgan fingerprint density at radius 1 is 1.38 bits per heavy atom. The van der Waals surface area contributed by atoms with Crippen LogP contribution in [0.2, 0.25) is 0 Å². The molecule has 0 radical (unpaired) electrons. The molecule has 3 nitrogen and oxygen atoms in total. The minimum Gasteiger partial charge on any atom is -0.379 e. The number of nitrogens with zero attached hydrogens (tertiary/aromatic N) is 1. The number of halogens is 3. The van der Waals surface area contributed by atoms with E-state index < -0.39 is 24.2 Å². The Balaban J connectivity index is 2.98. The topological polar surface area (TPSA) is 59.1 Å². The first-order valence-electron chi connectivity index (χ1n) is 4.71. The van der Waals surface area contributed by atoms with E-state index in [1.165, 1.54) is 24.5 Å². The fourth-order valence-corrected chi connectivity index (χ4v) is 1.33. The van der Waals surface area contributed by atoms with Gasteiger partial charge < -0.3 is 10.8 Å². The highest BCUT2D eigenvalue weighted by atomic mass is 19.4. The predicted octanol–water partition coefficient (Wildman–Crippen LogP) is 1.26. The normalized spacial score (nSPS) is 17.9. The van der Waals surface area contributed by atoms with Crippen LogP contribution in [0.4, 0.5) is 13.2 Å². The molecule has 16 heavy (non-hydrogen) atoms. The summed E-state index contributed by atoms with van der Waals surface area (Å²) in [5.74, 6) is 0. The number of hydrogen-bond donors (Lipinski definition) is 2. The predicted molar refractivity (Wildman–Crippen MR) is 52.6 cm³/mol.